The molecule has 0 bridgehead atoms. The third-order valence-electron chi connectivity index (χ3n) is 4.20. The van der Waals surface area contributed by atoms with Gasteiger partial charge in [0.05, 0.1) is 0 Å². The zero-order chi connectivity index (χ0) is 18.2. The van der Waals surface area contributed by atoms with Gasteiger partial charge in [-0.05, 0) is 12.8 Å². The standard InChI is InChI=1S/C18H32Br2O4/c19-15(17(21)22)13-11-9-7-5-3-1-2-4-6-8-10-12-14-16(20)18(23)24/h15-16H,1-14H2,(H,21,22)(H,23,24). The molecule has 0 saturated carbocycles. The molecule has 0 aromatic rings. The molecular weight excluding hydrogens is 440 g/mol. The molecule has 142 valence electrons. The van der Waals surface area contributed by atoms with Crippen LogP contribution >= 0.6 is 31.9 Å². The molecule has 0 amide bonds. The number of alkyl halides is 2. The van der Waals surface area contributed by atoms with E-state index in [1.54, 1.807) is 0 Å². The van der Waals surface area contributed by atoms with Crippen molar-refractivity contribution in [2.45, 2.75) is 99.5 Å². The van der Waals surface area contributed by atoms with E-state index in [-0.39, 0.29) is 9.65 Å². The van der Waals surface area contributed by atoms with E-state index >= 15 is 0 Å². The maximum atomic E-state index is 10.6. The molecular formula is C18H32Br2O4. The van der Waals surface area contributed by atoms with Crippen molar-refractivity contribution in [1.82, 2.24) is 0 Å². The second-order valence-corrected chi connectivity index (χ2v) is 8.64. The van der Waals surface area contributed by atoms with Crippen LogP contribution in [0, 0.1) is 0 Å². The Labute approximate surface area is 163 Å². The van der Waals surface area contributed by atoms with Gasteiger partial charge in [-0.3, -0.25) is 9.59 Å². The average molecular weight is 472 g/mol. The Morgan fingerprint density at radius 3 is 0.958 bits per heavy atom. The lowest BCUT2D eigenvalue weighted by Crippen LogP contribution is -2.11. The zero-order valence-corrected chi connectivity index (χ0v) is 17.7. The quantitative estimate of drug-likeness (QED) is 0.197. The molecule has 6 heteroatoms. The van der Waals surface area contributed by atoms with Crippen LogP contribution in [0.2, 0.25) is 0 Å². The van der Waals surface area contributed by atoms with Crippen molar-refractivity contribution >= 4 is 43.8 Å². The molecule has 0 aromatic carbocycles. The van der Waals surface area contributed by atoms with E-state index in [4.69, 9.17) is 10.2 Å². The van der Waals surface area contributed by atoms with Gasteiger partial charge in [-0.15, -0.1) is 0 Å². The number of halogens is 2. The molecule has 0 heterocycles. The van der Waals surface area contributed by atoms with Crippen molar-refractivity contribution in [3.05, 3.63) is 0 Å². The van der Waals surface area contributed by atoms with Gasteiger partial charge in [0.25, 0.3) is 0 Å². The summed E-state index contributed by atoms with van der Waals surface area (Å²) in [5.41, 5.74) is 0. The highest BCUT2D eigenvalue weighted by atomic mass is 79.9. The molecule has 0 saturated heterocycles. The summed E-state index contributed by atoms with van der Waals surface area (Å²) < 4.78 is 0. The molecule has 0 spiro atoms. The summed E-state index contributed by atoms with van der Waals surface area (Å²) in [7, 11) is 0. The van der Waals surface area contributed by atoms with Gasteiger partial charge in [-0.25, -0.2) is 0 Å². The molecule has 0 fully saturated rings. The van der Waals surface area contributed by atoms with Gasteiger partial charge >= 0.3 is 11.9 Å². The fourth-order valence-corrected chi connectivity index (χ4v) is 3.31. The van der Waals surface area contributed by atoms with Crippen LogP contribution in [0.25, 0.3) is 0 Å². The van der Waals surface area contributed by atoms with E-state index < -0.39 is 11.9 Å². The molecule has 2 atom stereocenters. The van der Waals surface area contributed by atoms with Gasteiger partial charge in [0.1, 0.15) is 9.65 Å². The predicted octanol–water partition coefficient (Wildman–Crippen LogP) is 6.14. The van der Waals surface area contributed by atoms with Crippen molar-refractivity contribution in [2.24, 2.45) is 0 Å². The number of aliphatic carboxylic acids is 2. The third-order valence-corrected chi connectivity index (χ3v) is 5.90. The normalized spacial score (nSPS) is 13.6. The van der Waals surface area contributed by atoms with Crippen LogP contribution in [0.5, 0.6) is 0 Å². The summed E-state index contributed by atoms with van der Waals surface area (Å²) in [4.78, 5) is 20.5. The highest BCUT2D eigenvalue weighted by Gasteiger charge is 2.12. The van der Waals surface area contributed by atoms with Gasteiger partial charge in [0.2, 0.25) is 0 Å². The molecule has 2 unspecified atom stereocenters. The summed E-state index contributed by atoms with van der Waals surface area (Å²) in [5.74, 6) is -1.52. The highest BCUT2D eigenvalue weighted by Crippen LogP contribution is 2.16. The van der Waals surface area contributed by atoms with Crippen molar-refractivity contribution in [1.29, 1.82) is 0 Å². The van der Waals surface area contributed by atoms with Crippen LogP contribution < -0.4 is 0 Å². The maximum Gasteiger partial charge on any atom is 0.317 e. The van der Waals surface area contributed by atoms with Crippen molar-refractivity contribution in [3.63, 3.8) is 0 Å². The molecule has 0 radical (unpaired) electrons. The summed E-state index contributed by atoms with van der Waals surface area (Å²) >= 11 is 6.32. The Bertz CT molecular complexity index is 305. The number of carbonyl (C=O) groups is 2. The van der Waals surface area contributed by atoms with Crippen LogP contribution in [0.4, 0.5) is 0 Å². The lowest BCUT2D eigenvalue weighted by Gasteiger charge is -2.05. The van der Waals surface area contributed by atoms with E-state index in [1.165, 1.54) is 51.4 Å². The van der Waals surface area contributed by atoms with Gasteiger partial charge in [0.15, 0.2) is 0 Å². The van der Waals surface area contributed by atoms with E-state index in [1.807, 2.05) is 0 Å². The third kappa shape index (κ3) is 15.4. The van der Waals surface area contributed by atoms with Crippen LogP contribution in [0.15, 0.2) is 0 Å². The second-order valence-electron chi connectivity index (χ2n) is 6.43. The van der Waals surface area contributed by atoms with Gasteiger partial charge < -0.3 is 10.2 Å². The van der Waals surface area contributed by atoms with Crippen LogP contribution in [0.3, 0.4) is 0 Å². The highest BCUT2D eigenvalue weighted by molar-refractivity contribution is 9.10. The molecule has 2 N–H and O–H groups in total. The second kappa shape index (κ2) is 16.4. The Balaban J connectivity index is 3.15. The number of carboxylic acid groups (broad SMARTS) is 2. The summed E-state index contributed by atoms with van der Waals surface area (Å²) in [6.07, 6.45) is 15.7. The van der Waals surface area contributed by atoms with Crippen LogP contribution in [-0.2, 0) is 9.59 Å². The smallest absolute Gasteiger partial charge is 0.317 e. The minimum absolute atomic E-state index is 0.387. The van der Waals surface area contributed by atoms with E-state index in [2.05, 4.69) is 31.9 Å². The largest absolute Gasteiger partial charge is 0.480 e. The van der Waals surface area contributed by atoms with Crippen molar-refractivity contribution in [2.75, 3.05) is 0 Å². The van der Waals surface area contributed by atoms with E-state index in [0.717, 1.165) is 38.5 Å². The lowest BCUT2D eigenvalue weighted by molar-refractivity contribution is -0.137. The summed E-state index contributed by atoms with van der Waals surface area (Å²) in [6, 6.07) is 0. The van der Waals surface area contributed by atoms with Crippen molar-refractivity contribution in [3.8, 4) is 0 Å². The Hall–Kier alpha value is -0.100. The Kier molecular flexibility index (Phi) is 16.3. The van der Waals surface area contributed by atoms with Crippen LogP contribution in [0.1, 0.15) is 89.9 Å². The molecule has 0 aliphatic heterocycles. The van der Waals surface area contributed by atoms with Gasteiger partial charge in [-0.1, -0.05) is 109 Å². The fraction of sp³-hybridized carbons (Fsp3) is 0.889. The SMILES string of the molecule is O=C(O)C(Br)CCCCCCCCCCCCCCC(Br)C(=O)O. The topological polar surface area (TPSA) is 74.6 Å². The Morgan fingerprint density at radius 1 is 0.542 bits per heavy atom. The van der Waals surface area contributed by atoms with Crippen LogP contribution in [-0.4, -0.2) is 31.8 Å². The fourth-order valence-electron chi connectivity index (χ4n) is 2.66. The minimum Gasteiger partial charge on any atom is -0.480 e. The maximum absolute atomic E-state index is 10.6. The molecule has 0 aliphatic carbocycles. The number of hydrogen-bond acceptors (Lipinski definition) is 2. The lowest BCUT2D eigenvalue weighted by atomic mass is 10.0. The molecule has 0 aliphatic rings. The van der Waals surface area contributed by atoms with E-state index in [9.17, 15) is 9.59 Å². The minimum atomic E-state index is -0.760. The van der Waals surface area contributed by atoms with Crippen molar-refractivity contribution < 1.29 is 19.8 Å². The molecule has 0 aromatic heterocycles. The molecule has 4 nitrogen and oxygen atoms in total. The summed E-state index contributed by atoms with van der Waals surface area (Å²) in [6.45, 7) is 0. The van der Waals surface area contributed by atoms with E-state index in [0.29, 0.717) is 0 Å². The first kappa shape index (κ1) is 23.9. The summed E-state index contributed by atoms with van der Waals surface area (Å²) in [5, 5.41) is 17.5. The Morgan fingerprint density at radius 2 is 0.750 bits per heavy atom. The number of rotatable bonds is 17. The number of hydrogen-bond donors (Lipinski definition) is 2. The first-order valence-electron chi connectivity index (χ1n) is 9.19. The number of unbranched alkanes of at least 4 members (excludes halogenated alkanes) is 11. The van der Waals surface area contributed by atoms with Gasteiger partial charge in [-0.2, -0.15) is 0 Å². The predicted molar refractivity (Wildman–Crippen MR) is 105 cm³/mol. The van der Waals surface area contributed by atoms with Gasteiger partial charge in [0, 0.05) is 0 Å². The zero-order valence-electron chi connectivity index (χ0n) is 14.5. The average Bonchev–Trinajstić information content (AvgIpc) is 2.54. The number of carboxylic acids is 2. The monoisotopic (exact) mass is 470 g/mol. The molecule has 24 heavy (non-hydrogen) atoms. The molecule has 0 rings (SSSR count). The first-order chi connectivity index (χ1) is 11.4. The first-order valence-corrected chi connectivity index (χ1v) is 11.0.